The Bertz CT molecular complexity index is 410. The molecule has 4 nitrogen and oxygen atoms in total. The van der Waals surface area contributed by atoms with E-state index in [0.29, 0.717) is 5.92 Å². The molecule has 0 heterocycles. The number of amides is 1. The summed E-state index contributed by atoms with van der Waals surface area (Å²) in [6.07, 6.45) is 3.68. The molecule has 112 valence electrons. The minimum atomic E-state index is -0.592. The fourth-order valence-corrected chi connectivity index (χ4v) is 2.32. The van der Waals surface area contributed by atoms with E-state index in [9.17, 15) is 4.79 Å². The van der Waals surface area contributed by atoms with Gasteiger partial charge in [-0.25, -0.2) is 0 Å². The van der Waals surface area contributed by atoms with Crippen molar-refractivity contribution in [2.45, 2.75) is 25.3 Å². The van der Waals surface area contributed by atoms with E-state index in [1.165, 1.54) is 19.3 Å². The van der Waals surface area contributed by atoms with Crippen LogP contribution in [0.15, 0.2) is 30.3 Å². The summed E-state index contributed by atoms with van der Waals surface area (Å²) in [5, 5.41) is 0. The number of para-hydroxylation sites is 1. The lowest BCUT2D eigenvalue weighted by atomic mass is 9.85. The zero-order valence-electron chi connectivity index (χ0n) is 11.8. The Morgan fingerprint density at radius 1 is 1.40 bits per heavy atom. The Labute approximate surface area is 126 Å². The molecule has 1 fully saturated rings. The fourth-order valence-electron chi connectivity index (χ4n) is 2.32. The van der Waals surface area contributed by atoms with E-state index in [1.807, 2.05) is 35.2 Å². The molecule has 5 heteroatoms. The van der Waals surface area contributed by atoms with Crippen molar-refractivity contribution in [3.8, 4) is 0 Å². The number of ether oxygens (including phenoxy) is 1. The third-order valence-electron chi connectivity index (χ3n) is 3.66. The summed E-state index contributed by atoms with van der Waals surface area (Å²) in [6.45, 7) is 1.02. The first kappa shape index (κ1) is 17.0. The third-order valence-corrected chi connectivity index (χ3v) is 3.66. The molecule has 2 rings (SSSR count). The first-order valence-electron chi connectivity index (χ1n) is 6.83. The Morgan fingerprint density at radius 2 is 2.05 bits per heavy atom. The summed E-state index contributed by atoms with van der Waals surface area (Å²) in [7, 11) is 1.56. The van der Waals surface area contributed by atoms with Crippen LogP contribution in [0.3, 0.4) is 0 Å². The van der Waals surface area contributed by atoms with E-state index >= 15 is 0 Å². The lowest BCUT2D eigenvalue weighted by Crippen LogP contribution is -2.48. The highest BCUT2D eigenvalue weighted by atomic mass is 35.5. The molecule has 20 heavy (non-hydrogen) atoms. The predicted molar refractivity (Wildman–Crippen MR) is 83.2 cm³/mol. The molecule has 2 N–H and O–H groups in total. The number of carbonyl (C=O) groups excluding carboxylic acids is 1. The van der Waals surface area contributed by atoms with Crippen LogP contribution in [0.4, 0.5) is 5.69 Å². The number of hydrogen-bond acceptors (Lipinski definition) is 3. The Hall–Kier alpha value is -1.10. The van der Waals surface area contributed by atoms with E-state index in [1.54, 1.807) is 7.11 Å². The van der Waals surface area contributed by atoms with E-state index < -0.39 is 6.04 Å². The fraction of sp³-hybridized carbons (Fsp3) is 0.533. The largest absolute Gasteiger partial charge is 0.383 e. The van der Waals surface area contributed by atoms with Crippen molar-refractivity contribution in [1.29, 1.82) is 0 Å². The Morgan fingerprint density at radius 3 is 2.55 bits per heavy atom. The van der Waals surface area contributed by atoms with Gasteiger partial charge in [-0.15, -0.1) is 12.4 Å². The molecule has 1 atom stereocenters. The number of anilines is 1. The van der Waals surface area contributed by atoms with Crippen molar-refractivity contribution in [2.24, 2.45) is 11.7 Å². The number of nitrogens with zero attached hydrogens (tertiary/aromatic N) is 1. The van der Waals surface area contributed by atoms with Crippen molar-refractivity contribution >= 4 is 24.0 Å². The summed E-state index contributed by atoms with van der Waals surface area (Å²) in [4.78, 5) is 14.2. The lowest BCUT2D eigenvalue weighted by Gasteiger charge is -2.33. The summed E-state index contributed by atoms with van der Waals surface area (Å²) < 4.78 is 4.98. The monoisotopic (exact) mass is 298 g/mol. The van der Waals surface area contributed by atoms with Gasteiger partial charge >= 0.3 is 0 Å². The van der Waals surface area contributed by atoms with Crippen LogP contribution < -0.4 is 10.6 Å². The maximum atomic E-state index is 12.4. The van der Waals surface area contributed by atoms with E-state index in [4.69, 9.17) is 10.5 Å². The SMILES string of the molecule is COCC(N)C(=O)N(CC1CCC1)c1ccccc1.Cl. The maximum Gasteiger partial charge on any atom is 0.246 e. The van der Waals surface area contributed by atoms with Gasteiger partial charge in [0.25, 0.3) is 0 Å². The van der Waals surface area contributed by atoms with Crippen LogP contribution in [-0.2, 0) is 9.53 Å². The predicted octanol–water partition coefficient (Wildman–Crippen LogP) is 2.22. The number of carbonyl (C=O) groups is 1. The van der Waals surface area contributed by atoms with Crippen LogP contribution in [0.25, 0.3) is 0 Å². The van der Waals surface area contributed by atoms with E-state index in [0.717, 1.165) is 12.2 Å². The molecule has 0 spiro atoms. The number of benzene rings is 1. The molecule has 1 aromatic carbocycles. The second-order valence-corrected chi connectivity index (χ2v) is 5.14. The molecule has 0 radical (unpaired) electrons. The van der Waals surface area contributed by atoms with Crippen molar-refractivity contribution < 1.29 is 9.53 Å². The number of nitrogens with two attached hydrogens (primary N) is 1. The molecule has 0 aliphatic heterocycles. The minimum absolute atomic E-state index is 0. The second-order valence-electron chi connectivity index (χ2n) is 5.14. The zero-order chi connectivity index (χ0) is 13.7. The molecule has 1 aliphatic carbocycles. The van der Waals surface area contributed by atoms with Crippen molar-refractivity contribution in [3.05, 3.63) is 30.3 Å². The first-order valence-corrected chi connectivity index (χ1v) is 6.83. The van der Waals surface area contributed by atoms with Gasteiger partial charge < -0.3 is 15.4 Å². The summed E-state index contributed by atoms with van der Waals surface area (Å²) >= 11 is 0. The van der Waals surface area contributed by atoms with Crippen LogP contribution in [0.1, 0.15) is 19.3 Å². The molecule has 1 aromatic rings. The maximum absolute atomic E-state index is 12.4. The average molecular weight is 299 g/mol. The van der Waals surface area contributed by atoms with Crippen LogP contribution in [0.5, 0.6) is 0 Å². The van der Waals surface area contributed by atoms with Gasteiger partial charge in [-0.05, 0) is 30.9 Å². The molecule has 0 bridgehead atoms. The number of methoxy groups -OCH3 is 1. The van der Waals surface area contributed by atoms with Gasteiger partial charge in [0.15, 0.2) is 0 Å². The summed E-state index contributed by atoms with van der Waals surface area (Å²) in [5.74, 6) is 0.554. The molecular formula is C15H23ClN2O2. The van der Waals surface area contributed by atoms with Crippen LogP contribution in [0.2, 0.25) is 0 Å². The molecule has 1 aliphatic rings. The second kappa shape index (κ2) is 8.25. The van der Waals surface area contributed by atoms with Gasteiger partial charge in [-0.1, -0.05) is 24.6 Å². The van der Waals surface area contributed by atoms with Crippen LogP contribution >= 0.6 is 12.4 Å². The normalized spacial score (nSPS) is 15.9. The lowest BCUT2D eigenvalue weighted by molar-refractivity contribution is -0.121. The number of halogens is 1. The number of rotatable bonds is 6. The van der Waals surface area contributed by atoms with Gasteiger partial charge in [0, 0.05) is 19.3 Å². The van der Waals surface area contributed by atoms with Crippen molar-refractivity contribution in [2.75, 3.05) is 25.2 Å². The van der Waals surface area contributed by atoms with Gasteiger partial charge in [0.1, 0.15) is 6.04 Å². The summed E-state index contributed by atoms with van der Waals surface area (Å²) in [5.41, 5.74) is 6.81. The van der Waals surface area contributed by atoms with Crippen LogP contribution in [0, 0.1) is 5.92 Å². The van der Waals surface area contributed by atoms with Gasteiger partial charge in [-0.3, -0.25) is 4.79 Å². The van der Waals surface area contributed by atoms with E-state index in [-0.39, 0.29) is 24.9 Å². The average Bonchev–Trinajstić information content (AvgIpc) is 2.38. The topological polar surface area (TPSA) is 55.6 Å². The zero-order valence-corrected chi connectivity index (χ0v) is 12.6. The van der Waals surface area contributed by atoms with Gasteiger partial charge in [-0.2, -0.15) is 0 Å². The molecule has 1 amide bonds. The molecule has 0 saturated heterocycles. The summed E-state index contributed by atoms with van der Waals surface area (Å²) in [6, 6.07) is 9.15. The minimum Gasteiger partial charge on any atom is -0.383 e. The van der Waals surface area contributed by atoms with E-state index in [2.05, 4.69) is 0 Å². The Kier molecular flexibility index (Phi) is 6.99. The first-order chi connectivity index (χ1) is 9.22. The molecule has 1 unspecified atom stereocenters. The third kappa shape index (κ3) is 4.20. The molecular weight excluding hydrogens is 276 g/mol. The van der Waals surface area contributed by atoms with Crippen molar-refractivity contribution in [1.82, 2.24) is 0 Å². The standard InChI is InChI=1S/C15H22N2O2.ClH/c1-19-11-14(16)15(18)17(10-12-6-5-7-12)13-8-3-2-4-9-13;/h2-4,8-9,12,14H,5-7,10-11,16H2,1H3;1H. The highest BCUT2D eigenvalue weighted by molar-refractivity contribution is 5.97. The van der Waals surface area contributed by atoms with Crippen molar-refractivity contribution in [3.63, 3.8) is 0 Å². The highest BCUT2D eigenvalue weighted by Gasteiger charge is 2.27. The smallest absolute Gasteiger partial charge is 0.246 e. The van der Waals surface area contributed by atoms with Gasteiger partial charge in [0.05, 0.1) is 6.61 Å². The van der Waals surface area contributed by atoms with Gasteiger partial charge in [0.2, 0.25) is 5.91 Å². The molecule has 0 aromatic heterocycles. The highest BCUT2D eigenvalue weighted by Crippen LogP contribution is 2.29. The van der Waals surface area contributed by atoms with Crippen LogP contribution in [-0.4, -0.2) is 32.2 Å². The molecule has 1 saturated carbocycles. The quantitative estimate of drug-likeness (QED) is 0.876. The number of hydrogen-bond donors (Lipinski definition) is 1. The Balaban J connectivity index is 0.00000200.